The fourth-order valence-electron chi connectivity index (χ4n) is 1.37. The summed E-state index contributed by atoms with van der Waals surface area (Å²) >= 11 is 0. The van der Waals surface area contributed by atoms with Gasteiger partial charge in [0.2, 0.25) is 0 Å². The van der Waals surface area contributed by atoms with Crippen LogP contribution in [-0.2, 0) is 9.53 Å². The number of hydrogen-bond donors (Lipinski definition) is 1. The molecule has 0 aromatic rings. The summed E-state index contributed by atoms with van der Waals surface area (Å²) in [4.78, 5) is 24.1. The summed E-state index contributed by atoms with van der Waals surface area (Å²) in [5.74, 6) is -0.327. The standard InChI is InChI=1S/C10H17NO4/c1-10(2,3)15-9(14)11-5-4-7(11)8(13)6-12/h7,12H,4-6H2,1-3H3/t7-/m0/s1. The van der Waals surface area contributed by atoms with Crippen molar-refractivity contribution in [2.24, 2.45) is 0 Å². The zero-order valence-corrected chi connectivity index (χ0v) is 9.32. The highest BCUT2D eigenvalue weighted by Crippen LogP contribution is 2.21. The molecule has 0 radical (unpaired) electrons. The molecule has 5 nitrogen and oxygen atoms in total. The fraction of sp³-hybridized carbons (Fsp3) is 0.800. The van der Waals surface area contributed by atoms with Gasteiger partial charge in [-0.2, -0.15) is 0 Å². The molecule has 0 spiro atoms. The highest BCUT2D eigenvalue weighted by Gasteiger charge is 2.39. The first-order valence-corrected chi connectivity index (χ1v) is 4.98. The number of nitrogens with zero attached hydrogens (tertiary/aromatic N) is 1. The van der Waals surface area contributed by atoms with Crippen molar-refractivity contribution in [2.75, 3.05) is 13.2 Å². The normalized spacial score (nSPS) is 20.8. The van der Waals surface area contributed by atoms with Gasteiger partial charge in [0.05, 0.1) is 6.04 Å². The Morgan fingerprint density at radius 3 is 2.40 bits per heavy atom. The van der Waals surface area contributed by atoms with Gasteiger partial charge >= 0.3 is 6.09 Å². The van der Waals surface area contributed by atoms with Crippen molar-refractivity contribution in [3.63, 3.8) is 0 Å². The first kappa shape index (κ1) is 12.0. The molecule has 1 fully saturated rings. The van der Waals surface area contributed by atoms with E-state index < -0.39 is 24.3 Å². The average Bonchev–Trinajstić information content (AvgIpc) is 1.97. The molecule has 15 heavy (non-hydrogen) atoms. The molecule has 1 amide bonds. The second-order valence-corrected chi connectivity index (χ2v) is 4.60. The summed E-state index contributed by atoms with van der Waals surface area (Å²) in [5.41, 5.74) is -0.556. The summed E-state index contributed by atoms with van der Waals surface area (Å²) in [7, 11) is 0. The molecule has 0 unspecified atom stereocenters. The average molecular weight is 215 g/mol. The molecule has 1 rings (SSSR count). The van der Waals surface area contributed by atoms with Crippen molar-refractivity contribution in [3.05, 3.63) is 0 Å². The molecule has 1 aliphatic rings. The smallest absolute Gasteiger partial charge is 0.410 e. The molecule has 0 saturated carbocycles. The molecule has 1 N–H and O–H groups in total. The first-order valence-electron chi connectivity index (χ1n) is 4.98. The van der Waals surface area contributed by atoms with Gasteiger partial charge in [-0.1, -0.05) is 0 Å². The van der Waals surface area contributed by atoms with E-state index in [1.54, 1.807) is 20.8 Å². The maximum absolute atomic E-state index is 11.5. The summed E-state index contributed by atoms with van der Waals surface area (Å²) in [6.45, 7) is 5.31. The molecular weight excluding hydrogens is 198 g/mol. The van der Waals surface area contributed by atoms with Crippen LogP contribution >= 0.6 is 0 Å². The number of hydrogen-bond acceptors (Lipinski definition) is 4. The van der Waals surface area contributed by atoms with Crippen LogP contribution in [0.4, 0.5) is 4.79 Å². The summed E-state index contributed by atoms with van der Waals surface area (Å²) < 4.78 is 5.12. The van der Waals surface area contributed by atoms with Crippen LogP contribution in [0.2, 0.25) is 0 Å². The number of amides is 1. The Kier molecular flexibility index (Phi) is 3.34. The molecule has 0 bridgehead atoms. The van der Waals surface area contributed by atoms with Crippen molar-refractivity contribution >= 4 is 11.9 Å². The van der Waals surface area contributed by atoms with Gasteiger partial charge in [0.1, 0.15) is 12.2 Å². The van der Waals surface area contributed by atoms with Gasteiger partial charge < -0.3 is 9.84 Å². The zero-order chi connectivity index (χ0) is 11.6. The van der Waals surface area contributed by atoms with E-state index in [2.05, 4.69) is 0 Å². The Labute approximate surface area is 89.0 Å². The molecule has 0 aromatic carbocycles. The molecular formula is C10H17NO4. The van der Waals surface area contributed by atoms with Crippen LogP contribution in [0.15, 0.2) is 0 Å². The minimum absolute atomic E-state index is 0.327. The Balaban J connectivity index is 2.51. The first-order chi connectivity index (χ1) is 6.85. The van der Waals surface area contributed by atoms with Crippen LogP contribution in [0.25, 0.3) is 0 Å². The zero-order valence-electron chi connectivity index (χ0n) is 9.32. The monoisotopic (exact) mass is 215 g/mol. The fourth-order valence-corrected chi connectivity index (χ4v) is 1.37. The minimum Gasteiger partial charge on any atom is -0.444 e. The lowest BCUT2D eigenvalue weighted by atomic mass is 10.00. The quantitative estimate of drug-likeness (QED) is 0.730. The van der Waals surface area contributed by atoms with Crippen molar-refractivity contribution in [1.29, 1.82) is 0 Å². The van der Waals surface area contributed by atoms with Crippen molar-refractivity contribution in [2.45, 2.75) is 38.8 Å². The number of Topliss-reactive ketones (excluding diaryl/α,β-unsaturated/α-hetero) is 1. The number of ketones is 1. The SMILES string of the molecule is CC(C)(C)OC(=O)N1CC[C@H]1C(=O)CO. The summed E-state index contributed by atoms with van der Waals surface area (Å²) in [5, 5.41) is 8.67. The largest absolute Gasteiger partial charge is 0.444 e. The van der Waals surface area contributed by atoms with Crippen molar-refractivity contribution < 1.29 is 19.4 Å². The lowest BCUT2D eigenvalue weighted by Crippen LogP contribution is -2.56. The van der Waals surface area contributed by atoms with Gasteiger partial charge in [0.15, 0.2) is 5.78 Å². The molecule has 1 saturated heterocycles. The second-order valence-electron chi connectivity index (χ2n) is 4.60. The second kappa shape index (κ2) is 4.18. The Bertz CT molecular complexity index is 269. The third-order valence-corrected chi connectivity index (χ3v) is 2.18. The highest BCUT2D eigenvalue weighted by molar-refractivity contribution is 5.89. The molecule has 1 aliphatic heterocycles. The third-order valence-electron chi connectivity index (χ3n) is 2.18. The van der Waals surface area contributed by atoms with E-state index in [9.17, 15) is 9.59 Å². The Hall–Kier alpha value is -1.10. The van der Waals surface area contributed by atoms with E-state index in [0.29, 0.717) is 13.0 Å². The van der Waals surface area contributed by atoms with Crippen LogP contribution in [0.3, 0.4) is 0 Å². The van der Waals surface area contributed by atoms with Crippen LogP contribution in [0.5, 0.6) is 0 Å². The van der Waals surface area contributed by atoms with Gasteiger partial charge in [-0.15, -0.1) is 0 Å². The van der Waals surface area contributed by atoms with Crippen LogP contribution < -0.4 is 0 Å². The third kappa shape index (κ3) is 2.92. The van der Waals surface area contributed by atoms with Crippen LogP contribution in [0, 0.1) is 0 Å². The van der Waals surface area contributed by atoms with E-state index >= 15 is 0 Å². The lowest BCUT2D eigenvalue weighted by molar-refractivity contribution is -0.131. The molecule has 1 atom stereocenters. The van der Waals surface area contributed by atoms with Crippen molar-refractivity contribution in [3.8, 4) is 0 Å². The summed E-state index contributed by atoms with van der Waals surface area (Å²) in [6, 6.07) is -0.496. The number of aliphatic hydroxyl groups is 1. The maximum atomic E-state index is 11.5. The van der Waals surface area contributed by atoms with Crippen LogP contribution in [0.1, 0.15) is 27.2 Å². The van der Waals surface area contributed by atoms with E-state index in [-0.39, 0.29) is 5.78 Å². The van der Waals surface area contributed by atoms with E-state index in [0.717, 1.165) is 0 Å². The van der Waals surface area contributed by atoms with Crippen LogP contribution in [-0.4, -0.2) is 46.7 Å². The number of carbonyl (C=O) groups excluding carboxylic acids is 2. The van der Waals surface area contributed by atoms with E-state index in [1.807, 2.05) is 0 Å². The van der Waals surface area contributed by atoms with Gasteiger partial charge in [-0.05, 0) is 27.2 Å². The topological polar surface area (TPSA) is 66.8 Å². The maximum Gasteiger partial charge on any atom is 0.410 e. The van der Waals surface area contributed by atoms with E-state index in [1.165, 1.54) is 4.90 Å². The van der Waals surface area contributed by atoms with E-state index in [4.69, 9.17) is 9.84 Å². The number of likely N-dealkylation sites (tertiary alicyclic amines) is 1. The molecule has 86 valence electrons. The highest BCUT2D eigenvalue weighted by atomic mass is 16.6. The van der Waals surface area contributed by atoms with Gasteiger partial charge in [0, 0.05) is 6.54 Å². The molecule has 0 aliphatic carbocycles. The Morgan fingerprint density at radius 2 is 2.07 bits per heavy atom. The lowest BCUT2D eigenvalue weighted by Gasteiger charge is -2.39. The molecule has 5 heteroatoms. The number of rotatable bonds is 2. The van der Waals surface area contributed by atoms with Gasteiger partial charge in [-0.3, -0.25) is 9.69 Å². The predicted octanol–water partition coefficient (Wildman–Crippen LogP) is 0.557. The predicted molar refractivity (Wildman–Crippen MR) is 53.4 cm³/mol. The molecule has 1 heterocycles. The summed E-state index contributed by atoms with van der Waals surface area (Å²) in [6.07, 6.45) is 0.124. The van der Waals surface area contributed by atoms with Crippen molar-refractivity contribution in [1.82, 2.24) is 4.90 Å². The van der Waals surface area contributed by atoms with Gasteiger partial charge in [-0.25, -0.2) is 4.79 Å². The minimum atomic E-state index is -0.556. The Morgan fingerprint density at radius 1 is 1.47 bits per heavy atom. The number of carbonyl (C=O) groups is 2. The number of ether oxygens (including phenoxy) is 1. The molecule has 0 aromatic heterocycles. The number of aliphatic hydroxyl groups excluding tert-OH is 1. The van der Waals surface area contributed by atoms with Gasteiger partial charge in [0.25, 0.3) is 0 Å².